The molecule has 0 aliphatic carbocycles. The van der Waals surface area contributed by atoms with E-state index in [1.54, 1.807) is 67.1 Å². The van der Waals surface area contributed by atoms with E-state index >= 15 is 0 Å². The topological polar surface area (TPSA) is 110 Å². The quantitative estimate of drug-likeness (QED) is 0.394. The molecular formula is C20H18ClN5O2S. The number of nitrogens with zero attached hydrogens (tertiary/aromatic N) is 2. The number of carbonyl (C=O) groups is 2. The van der Waals surface area contributed by atoms with Crippen LogP contribution in [-0.2, 0) is 4.79 Å². The predicted molar refractivity (Wildman–Crippen MR) is 114 cm³/mol. The number of pyridine rings is 2. The Hall–Kier alpha value is -2.94. The Morgan fingerprint density at radius 1 is 1.07 bits per heavy atom. The molecule has 1 unspecified atom stereocenters. The highest BCUT2D eigenvalue weighted by Gasteiger charge is 2.20. The van der Waals surface area contributed by atoms with Crippen LogP contribution in [-0.4, -0.2) is 28.3 Å². The van der Waals surface area contributed by atoms with Crippen molar-refractivity contribution < 1.29 is 9.59 Å². The molecule has 3 rings (SSSR count). The summed E-state index contributed by atoms with van der Waals surface area (Å²) in [6.45, 7) is -0.145. The fourth-order valence-electron chi connectivity index (χ4n) is 2.43. The van der Waals surface area contributed by atoms with Gasteiger partial charge in [0.2, 0.25) is 5.91 Å². The first kappa shape index (κ1) is 20.8. The summed E-state index contributed by atoms with van der Waals surface area (Å²) in [5.74, 6) is -0.635. The number of rotatable bonds is 7. The van der Waals surface area contributed by atoms with Crippen molar-refractivity contribution in [1.82, 2.24) is 15.3 Å². The van der Waals surface area contributed by atoms with Gasteiger partial charge in [0.15, 0.2) is 0 Å². The number of amides is 2. The van der Waals surface area contributed by atoms with Crippen molar-refractivity contribution in [1.29, 1.82) is 0 Å². The summed E-state index contributed by atoms with van der Waals surface area (Å²) < 4.78 is 0. The van der Waals surface area contributed by atoms with Gasteiger partial charge in [-0.25, -0.2) is 4.98 Å². The Labute approximate surface area is 177 Å². The second-order valence-corrected chi connectivity index (χ2v) is 7.40. The summed E-state index contributed by atoms with van der Waals surface area (Å²) in [6, 6.07) is 13.7. The summed E-state index contributed by atoms with van der Waals surface area (Å²) in [5, 5.41) is 6.23. The van der Waals surface area contributed by atoms with E-state index < -0.39 is 5.37 Å². The molecule has 1 aromatic carbocycles. The molecule has 7 nitrogen and oxygen atoms in total. The number of nitrogens with one attached hydrogen (secondary N) is 2. The van der Waals surface area contributed by atoms with Gasteiger partial charge < -0.3 is 16.4 Å². The highest BCUT2D eigenvalue weighted by Crippen LogP contribution is 2.34. The zero-order chi connectivity index (χ0) is 20.6. The van der Waals surface area contributed by atoms with E-state index in [1.165, 1.54) is 11.8 Å². The van der Waals surface area contributed by atoms with Gasteiger partial charge in [-0.15, -0.1) is 0 Å². The standard InChI is InChI=1S/C20H18ClN5O2S/c21-14-3-5-15(6-4-14)25-18(28)16-2-1-9-24-20(16)29-19(26-17(27)12-22)13-7-10-23-11-8-13/h1-11,19H,12,22H2,(H,25,28)(H,26,27). The van der Waals surface area contributed by atoms with Crippen LogP contribution in [0.2, 0.25) is 5.02 Å². The molecule has 0 saturated heterocycles. The second-order valence-electron chi connectivity index (χ2n) is 5.87. The second kappa shape index (κ2) is 10.0. The average molecular weight is 428 g/mol. The minimum atomic E-state index is -0.481. The third kappa shape index (κ3) is 5.77. The first-order valence-electron chi connectivity index (χ1n) is 8.65. The summed E-state index contributed by atoms with van der Waals surface area (Å²) in [7, 11) is 0. The molecule has 2 amide bonds. The smallest absolute Gasteiger partial charge is 0.258 e. The van der Waals surface area contributed by atoms with Gasteiger partial charge in [-0.05, 0) is 54.1 Å². The van der Waals surface area contributed by atoms with E-state index in [0.29, 0.717) is 21.3 Å². The van der Waals surface area contributed by atoms with Crippen molar-refractivity contribution in [3.63, 3.8) is 0 Å². The lowest BCUT2D eigenvalue weighted by Crippen LogP contribution is -2.32. The summed E-state index contributed by atoms with van der Waals surface area (Å²) in [5.41, 5.74) is 7.25. The molecular weight excluding hydrogens is 410 g/mol. The maximum absolute atomic E-state index is 12.8. The van der Waals surface area contributed by atoms with Crippen molar-refractivity contribution in [3.8, 4) is 0 Å². The van der Waals surface area contributed by atoms with Crippen molar-refractivity contribution in [3.05, 3.63) is 83.3 Å². The molecule has 0 aliphatic heterocycles. The van der Waals surface area contributed by atoms with E-state index in [2.05, 4.69) is 20.6 Å². The van der Waals surface area contributed by atoms with Gasteiger partial charge >= 0.3 is 0 Å². The van der Waals surface area contributed by atoms with Gasteiger partial charge in [0.1, 0.15) is 10.4 Å². The van der Waals surface area contributed by atoms with Crippen LogP contribution < -0.4 is 16.4 Å². The Balaban J connectivity index is 1.84. The van der Waals surface area contributed by atoms with Crippen LogP contribution in [0.1, 0.15) is 21.3 Å². The molecule has 9 heteroatoms. The van der Waals surface area contributed by atoms with E-state index in [4.69, 9.17) is 17.3 Å². The van der Waals surface area contributed by atoms with Crippen molar-refractivity contribution in [2.75, 3.05) is 11.9 Å². The monoisotopic (exact) mass is 427 g/mol. The van der Waals surface area contributed by atoms with Crippen LogP contribution in [0.5, 0.6) is 0 Å². The number of nitrogens with two attached hydrogens (primary N) is 1. The van der Waals surface area contributed by atoms with Crippen LogP contribution in [0.25, 0.3) is 0 Å². The van der Waals surface area contributed by atoms with Crippen molar-refractivity contribution in [2.24, 2.45) is 5.73 Å². The molecule has 0 bridgehead atoms. The van der Waals surface area contributed by atoms with E-state index in [-0.39, 0.29) is 18.4 Å². The molecule has 3 aromatic rings. The Kier molecular flexibility index (Phi) is 7.18. The average Bonchev–Trinajstić information content (AvgIpc) is 2.75. The number of hydrogen-bond donors (Lipinski definition) is 3. The molecule has 29 heavy (non-hydrogen) atoms. The van der Waals surface area contributed by atoms with Crippen LogP contribution in [0, 0.1) is 0 Å². The maximum Gasteiger partial charge on any atom is 0.258 e. The molecule has 4 N–H and O–H groups in total. The number of hydrogen-bond acceptors (Lipinski definition) is 6. The van der Waals surface area contributed by atoms with E-state index in [0.717, 1.165) is 5.56 Å². The number of benzene rings is 1. The van der Waals surface area contributed by atoms with Gasteiger partial charge in [0, 0.05) is 29.3 Å². The minimum absolute atomic E-state index is 0.145. The first-order chi connectivity index (χ1) is 14.1. The molecule has 0 fully saturated rings. The highest BCUT2D eigenvalue weighted by molar-refractivity contribution is 7.99. The third-order valence-corrected chi connectivity index (χ3v) is 5.26. The summed E-state index contributed by atoms with van der Waals surface area (Å²) in [4.78, 5) is 33.0. The van der Waals surface area contributed by atoms with Crippen molar-refractivity contribution >= 4 is 40.9 Å². The van der Waals surface area contributed by atoms with Gasteiger partial charge in [-0.3, -0.25) is 14.6 Å². The molecule has 2 heterocycles. The number of anilines is 1. The molecule has 2 aromatic heterocycles. The predicted octanol–water partition coefficient (Wildman–Crippen LogP) is 3.25. The number of thioether (sulfide) groups is 1. The fraction of sp³-hybridized carbons (Fsp3) is 0.100. The molecule has 1 atom stereocenters. The minimum Gasteiger partial charge on any atom is -0.339 e. The molecule has 0 spiro atoms. The van der Waals surface area contributed by atoms with Crippen molar-refractivity contribution in [2.45, 2.75) is 10.4 Å². The van der Waals surface area contributed by atoms with Gasteiger partial charge in [-0.2, -0.15) is 0 Å². The largest absolute Gasteiger partial charge is 0.339 e. The first-order valence-corrected chi connectivity index (χ1v) is 9.90. The van der Waals surface area contributed by atoms with Gasteiger partial charge in [0.05, 0.1) is 12.1 Å². The highest BCUT2D eigenvalue weighted by atomic mass is 35.5. The number of halogens is 1. The Morgan fingerprint density at radius 3 is 2.48 bits per heavy atom. The lowest BCUT2D eigenvalue weighted by atomic mass is 10.2. The SMILES string of the molecule is NCC(=O)NC(Sc1ncccc1C(=O)Nc1ccc(Cl)cc1)c1ccncc1. The van der Waals surface area contributed by atoms with Crippen LogP contribution in [0.15, 0.2) is 72.1 Å². The molecule has 148 valence electrons. The molecule has 0 saturated carbocycles. The van der Waals surface area contributed by atoms with Gasteiger partial charge in [0.25, 0.3) is 5.91 Å². The van der Waals surface area contributed by atoms with Gasteiger partial charge in [-0.1, -0.05) is 23.4 Å². The van der Waals surface area contributed by atoms with Crippen LogP contribution >= 0.6 is 23.4 Å². The summed E-state index contributed by atoms with van der Waals surface area (Å²) >= 11 is 7.13. The number of aromatic nitrogens is 2. The fourth-order valence-corrected chi connectivity index (χ4v) is 3.67. The third-order valence-electron chi connectivity index (χ3n) is 3.83. The Morgan fingerprint density at radius 2 is 1.79 bits per heavy atom. The van der Waals surface area contributed by atoms with E-state index in [9.17, 15) is 9.59 Å². The lowest BCUT2D eigenvalue weighted by Gasteiger charge is -2.19. The number of carbonyl (C=O) groups excluding carboxylic acids is 2. The van der Waals surface area contributed by atoms with E-state index in [1.807, 2.05) is 0 Å². The molecule has 0 aliphatic rings. The summed E-state index contributed by atoms with van der Waals surface area (Å²) in [6.07, 6.45) is 4.85. The normalized spacial score (nSPS) is 11.5. The zero-order valence-corrected chi connectivity index (χ0v) is 16.8. The molecule has 0 radical (unpaired) electrons. The zero-order valence-electron chi connectivity index (χ0n) is 15.2. The Bertz CT molecular complexity index is 986. The van der Waals surface area contributed by atoms with Crippen LogP contribution in [0.3, 0.4) is 0 Å². The lowest BCUT2D eigenvalue weighted by molar-refractivity contribution is -0.119. The van der Waals surface area contributed by atoms with Crippen LogP contribution in [0.4, 0.5) is 5.69 Å². The maximum atomic E-state index is 12.8.